The molecule has 1 heterocycles. The van der Waals surface area contributed by atoms with Crippen molar-refractivity contribution in [3.05, 3.63) is 6.20 Å². The Bertz CT molecular complexity index is 209. The van der Waals surface area contributed by atoms with E-state index in [1.165, 1.54) is 12.8 Å². The fourth-order valence-corrected chi connectivity index (χ4v) is 1.36. The molecular formula is C7H13N3S. The molecule has 0 aliphatic heterocycles. The van der Waals surface area contributed by atoms with Crippen molar-refractivity contribution in [1.82, 2.24) is 15.0 Å². The molecule has 0 N–H and O–H groups in total. The van der Waals surface area contributed by atoms with E-state index in [-0.39, 0.29) is 0 Å². The highest BCUT2D eigenvalue weighted by Gasteiger charge is 1.99. The minimum Gasteiger partial charge on any atom is -0.239 e. The maximum absolute atomic E-state index is 3.97. The number of hydrogen-bond acceptors (Lipinski definition) is 3. The van der Waals surface area contributed by atoms with Gasteiger partial charge in [0.05, 0.1) is 6.20 Å². The van der Waals surface area contributed by atoms with E-state index >= 15 is 0 Å². The van der Waals surface area contributed by atoms with E-state index in [4.69, 9.17) is 0 Å². The van der Waals surface area contributed by atoms with E-state index in [2.05, 4.69) is 17.2 Å². The Hall–Kier alpha value is -0.510. The van der Waals surface area contributed by atoms with Crippen molar-refractivity contribution >= 4 is 11.8 Å². The molecule has 0 aliphatic rings. The molecule has 0 bridgehead atoms. The first-order valence-corrected chi connectivity index (χ1v) is 5.03. The van der Waals surface area contributed by atoms with Crippen LogP contribution in [0.3, 0.4) is 0 Å². The first-order valence-electron chi connectivity index (χ1n) is 3.81. The Labute approximate surface area is 71.2 Å². The smallest absolute Gasteiger partial charge is 0.114 e. The third-order valence-corrected chi connectivity index (χ3v) is 2.25. The zero-order valence-electron chi connectivity index (χ0n) is 6.95. The van der Waals surface area contributed by atoms with Gasteiger partial charge in [0, 0.05) is 6.54 Å². The molecule has 1 aromatic heterocycles. The van der Waals surface area contributed by atoms with Crippen molar-refractivity contribution in [2.75, 3.05) is 6.26 Å². The molecule has 0 atom stereocenters. The molecule has 0 fully saturated rings. The number of rotatable bonds is 4. The molecular weight excluding hydrogens is 158 g/mol. The Balaban J connectivity index is 2.54. The predicted octanol–water partition coefficient (Wildman–Crippen LogP) is 1.80. The molecule has 0 saturated carbocycles. The fraction of sp³-hybridized carbons (Fsp3) is 0.714. The molecule has 0 saturated heterocycles. The van der Waals surface area contributed by atoms with Gasteiger partial charge < -0.3 is 0 Å². The summed E-state index contributed by atoms with van der Waals surface area (Å²) in [6.45, 7) is 3.17. The van der Waals surface area contributed by atoms with Crippen molar-refractivity contribution in [2.24, 2.45) is 0 Å². The van der Waals surface area contributed by atoms with Gasteiger partial charge in [0.25, 0.3) is 0 Å². The first-order chi connectivity index (χ1) is 5.38. The van der Waals surface area contributed by atoms with Gasteiger partial charge in [0.1, 0.15) is 5.03 Å². The van der Waals surface area contributed by atoms with Crippen LogP contribution in [0.1, 0.15) is 19.8 Å². The molecule has 0 unspecified atom stereocenters. The van der Waals surface area contributed by atoms with Crippen molar-refractivity contribution in [1.29, 1.82) is 0 Å². The molecule has 0 radical (unpaired) electrons. The Morgan fingerprint density at radius 2 is 2.45 bits per heavy atom. The Morgan fingerprint density at radius 3 is 3.09 bits per heavy atom. The lowest BCUT2D eigenvalue weighted by atomic mass is 10.3. The van der Waals surface area contributed by atoms with Crippen LogP contribution in [0.2, 0.25) is 0 Å². The van der Waals surface area contributed by atoms with Crippen molar-refractivity contribution in [2.45, 2.75) is 31.3 Å². The van der Waals surface area contributed by atoms with Crippen LogP contribution >= 0.6 is 11.8 Å². The molecule has 0 amide bonds. The van der Waals surface area contributed by atoms with E-state index in [0.29, 0.717) is 0 Å². The van der Waals surface area contributed by atoms with Crippen LogP contribution in [-0.2, 0) is 6.54 Å². The number of thioether (sulfide) groups is 1. The van der Waals surface area contributed by atoms with Crippen LogP contribution in [0.4, 0.5) is 0 Å². The largest absolute Gasteiger partial charge is 0.239 e. The fourth-order valence-electron chi connectivity index (χ4n) is 0.869. The summed E-state index contributed by atoms with van der Waals surface area (Å²) in [6, 6.07) is 0. The van der Waals surface area contributed by atoms with Crippen molar-refractivity contribution < 1.29 is 0 Å². The van der Waals surface area contributed by atoms with E-state index in [1.807, 2.05) is 10.9 Å². The van der Waals surface area contributed by atoms with Gasteiger partial charge in [-0.05, 0) is 12.7 Å². The summed E-state index contributed by atoms with van der Waals surface area (Å²) >= 11 is 1.69. The maximum Gasteiger partial charge on any atom is 0.114 e. The summed E-state index contributed by atoms with van der Waals surface area (Å²) in [7, 11) is 0. The summed E-state index contributed by atoms with van der Waals surface area (Å²) < 4.78 is 1.95. The molecule has 1 aromatic rings. The third kappa shape index (κ3) is 2.22. The van der Waals surface area contributed by atoms with E-state index in [1.54, 1.807) is 18.0 Å². The van der Waals surface area contributed by atoms with E-state index in [9.17, 15) is 0 Å². The lowest BCUT2D eigenvalue weighted by Crippen LogP contribution is -2.01. The number of nitrogens with zero attached hydrogens (tertiary/aromatic N) is 3. The SMILES string of the molecule is CCCCn1nncc1SC. The average molecular weight is 171 g/mol. The zero-order chi connectivity index (χ0) is 8.10. The molecule has 3 nitrogen and oxygen atoms in total. The average Bonchev–Trinajstić information content (AvgIpc) is 2.47. The third-order valence-electron chi connectivity index (χ3n) is 1.51. The second-order valence-electron chi connectivity index (χ2n) is 2.35. The number of hydrogen-bond donors (Lipinski definition) is 0. The second kappa shape index (κ2) is 4.38. The summed E-state index contributed by atoms with van der Waals surface area (Å²) in [5.74, 6) is 0. The molecule has 0 aliphatic carbocycles. The summed E-state index contributed by atoms with van der Waals surface area (Å²) in [4.78, 5) is 0. The van der Waals surface area contributed by atoms with Crippen LogP contribution < -0.4 is 0 Å². The minimum atomic E-state index is 0.993. The molecule has 0 aromatic carbocycles. The van der Waals surface area contributed by atoms with Crippen molar-refractivity contribution in [3.63, 3.8) is 0 Å². The molecule has 62 valence electrons. The van der Waals surface area contributed by atoms with Crippen LogP contribution in [-0.4, -0.2) is 21.2 Å². The summed E-state index contributed by atoms with van der Waals surface area (Å²) in [5.41, 5.74) is 0. The summed E-state index contributed by atoms with van der Waals surface area (Å²) in [5, 5.41) is 8.96. The molecule has 0 spiro atoms. The van der Waals surface area contributed by atoms with E-state index in [0.717, 1.165) is 11.6 Å². The number of aryl methyl sites for hydroxylation is 1. The second-order valence-corrected chi connectivity index (χ2v) is 3.18. The molecule has 4 heteroatoms. The normalized spacial score (nSPS) is 10.4. The minimum absolute atomic E-state index is 0.993. The van der Waals surface area contributed by atoms with Gasteiger partial charge in [0.15, 0.2) is 0 Å². The van der Waals surface area contributed by atoms with Gasteiger partial charge in [-0.2, -0.15) is 0 Å². The van der Waals surface area contributed by atoms with Gasteiger partial charge >= 0.3 is 0 Å². The van der Waals surface area contributed by atoms with Crippen LogP contribution in [0.25, 0.3) is 0 Å². The predicted molar refractivity (Wildman–Crippen MR) is 46.7 cm³/mol. The van der Waals surface area contributed by atoms with Gasteiger partial charge in [-0.1, -0.05) is 18.6 Å². The number of aromatic nitrogens is 3. The lowest BCUT2D eigenvalue weighted by Gasteiger charge is -2.00. The first kappa shape index (κ1) is 8.59. The van der Waals surface area contributed by atoms with Crippen LogP contribution in [0.15, 0.2) is 11.2 Å². The topological polar surface area (TPSA) is 30.7 Å². The highest BCUT2D eigenvalue weighted by atomic mass is 32.2. The lowest BCUT2D eigenvalue weighted by molar-refractivity contribution is 0.520. The quantitative estimate of drug-likeness (QED) is 0.647. The number of unbranched alkanes of at least 4 members (excludes halogenated alkanes) is 1. The Morgan fingerprint density at radius 1 is 1.64 bits per heavy atom. The zero-order valence-corrected chi connectivity index (χ0v) is 7.77. The highest BCUT2D eigenvalue weighted by Crippen LogP contribution is 2.11. The van der Waals surface area contributed by atoms with Crippen LogP contribution in [0, 0.1) is 0 Å². The van der Waals surface area contributed by atoms with Gasteiger partial charge in [0.2, 0.25) is 0 Å². The van der Waals surface area contributed by atoms with E-state index < -0.39 is 0 Å². The molecule has 11 heavy (non-hydrogen) atoms. The van der Waals surface area contributed by atoms with Crippen LogP contribution in [0.5, 0.6) is 0 Å². The Kier molecular flexibility index (Phi) is 3.42. The standard InChI is InChI=1S/C7H13N3S/c1-3-4-5-10-7(11-2)6-8-9-10/h6H,3-5H2,1-2H3. The maximum atomic E-state index is 3.97. The van der Waals surface area contributed by atoms with Gasteiger partial charge in [-0.15, -0.1) is 16.9 Å². The van der Waals surface area contributed by atoms with Gasteiger partial charge in [-0.25, -0.2) is 4.68 Å². The van der Waals surface area contributed by atoms with Gasteiger partial charge in [-0.3, -0.25) is 0 Å². The van der Waals surface area contributed by atoms with Crippen molar-refractivity contribution in [3.8, 4) is 0 Å². The summed E-state index contributed by atoms with van der Waals surface area (Å²) in [6.07, 6.45) is 6.23. The molecule has 1 rings (SSSR count). The highest BCUT2D eigenvalue weighted by molar-refractivity contribution is 7.98. The monoisotopic (exact) mass is 171 g/mol.